The smallest absolute Gasteiger partial charge is 0.220 e. The Morgan fingerprint density at radius 2 is 2.41 bits per heavy atom. The first-order valence-corrected chi connectivity index (χ1v) is 7.32. The molecule has 1 heterocycles. The van der Waals surface area contributed by atoms with Crippen molar-refractivity contribution >= 4 is 17.5 Å². The van der Waals surface area contributed by atoms with Crippen LogP contribution >= 0.6 is 11.6 Å². The fraction of sp³-hybridized carbons (Fsp3) is 0.500. The van der Waals surface area contributed by atoms with E-state index in [0.717, 1.165) is 0 Å². The first-order chi connectivity index (χ1) is 10.5. The summed E-state index contributed by atoms with van der Waals surface area (Å²) >= 11 is 5.98. The van der Waals surface area contributed by atoms with Crippen LogP contribution in [0.2, 0.25) is 5.02 Å². The maximum atomic E-state index is 14.5. The zero-order valence-electron chi connectivity index (χ0n) is 12.3. The van der Waals surface area contributed by atoms with E-state index in [1.165, 1.54) is 6.07 Å². The van der Waals surface area contributed by atoms with E-state index in [0.29, 0.717) is 24.5 Å². The average molecular weight is 327 g/mol. The number of ether oxygens (including phenoxy) is 1. The van der Waals surface area contributed by atoms with Gasteiger partial charge >= 0.3 is 0 Å². The van der Waals surface area contributed by atoms with Crippen LogP contribution < -0.4 is 10.1 Å². The highest BCUT2D eigenvalue weighted by Gasteiger charge is 2.32. The standard InChI is InChI=1S/C14H16ClFN4O2/c1-3-22-14-9(7(2)19-20-17)5-10(15)13(16)12(14)8-4-11(21)18-6-8/h5,7-8H,3-4,6H2,1-2H3,(H,18,21). The minimum atomic E-state index is -0.594. The van der Waals surface area contributed by atoms with E-state index in [1.54, 1.807) is 13.8 Å². The van der Waals surface area contributed by atoms with Crippen LogP contribution in [0.5, 0.6) is 5.75 Å². The third-order valence-corrected chi connectivity index (χ3v) is 3.86. The van der Waals surface area contributed by atoms with Crippen molar-refractivity contribution in [2.75, 3.05) is 13.2 Å². The fourth-order valence-electron chi connectivity index (χ4n) is 2.58. The molecule has 0 bridgehead atoms. The first kappa shape index (κ1) is 16.4. The molecule has 1 aliphatic heterocycles. The number of carbonyl (C=O) groups excluding carboxylic acids is 1. The van der Waals surface area contributed by atoms with Crippen LogP contribution in [0, 0.1) is 5.82 Å². The van der Waals surface area contributed by atoms with E-state index >= 15 is 0 Å². The van der Waals surface area contributed by atoms with Crippen molar-refractivity contribution in [2.45, 2.75) is 32.2 Å². The Kier molecular flexibility index (Phi) is 5.11. The van der Waals surface area contributed by atoms with E-state index in [4.69, 9.17) is 21.9 Å². The Bertz CT molecular complexity index is 646. The lowest BCUT2D eigenvalue weighted by Gasteiger charge is -2.21. The van der Waals surface area contributed by atoms with Gasteiger partial charge in [-0.05, 0) is 18.5 Å². The highest BCUT2D eigenvalue weighted by atomic mass is 35.5. The van der Waals surface area contributed by atoms with Crippen molar-refractivity contribution in [1.82, 2.24) is 5.32 Å². The largest absolute Gasteiger partial charge is 0.493 e. The van der Waals surface area contributed by atoms with E-state index in [-0.39, 0.29) is 28.8 Å². The summed E-state index contributed by atoms with van der Waals surface area (Å²) in [5.74, 6) is -0.782. The van der Waals surface area contributed by atoms with E-state index in [9.17, 15) is 9.18 Å². The summed E-state index contributed by atoms with van der Waals surface area (Å²) in [6, 6.07) is 0.850. The van der Waals surface area contributed by atoms with Gasteiger partial charge < -0.3 is 10.1 Å². The molecule has 6 nitrogen and oxygen atoms in total. The van der Waals surface area contributed by atoms with E-state index in [1.807, 2.05) is 0 Å². The van der Waals surface area contributed by atoms with Crippen LogP contribution in [0.3, 0.4) is 0 Å². The zero-order chi connectivity index (χ0) is 16.3. The zero-order valence-corrected chi connectivity index (χ0v) is 13.0. The number of rotatable bonds is 5. The summed E-state index contributed by atoms with van der Waals surface area (Å²) < 4.78 is 20.1. The first-order valence-electron chi connectivity index (χ1n) is 6.95. The molecule has 2 unspecified atom stereocenters. The Morgan fingerprint density at radius 1 is 1.68 bits per heavy atom. The van der Waals surface area contributed by atoms with Crippen molar-refractivity contribution in [3.05, 3.63) is 38.5 Å². The summed E-state index contributed by atoms with van der Waals surface area (Å²) in [6.07, 6.45) is 0.173. The molecule has 1 aromatic rings. The lowest BCUT2D eigenvalue weighted by molar-refractivity contribution is -0.119. The summed E-state index contributed by atoms with van der Waals surface area (Å²) in [5.41, 5.74) is 9.39. The molecule has 1 fully saturated rings. The maximum absolute atomic E-state index is 14.5. The summed E-state index contributed by atoms with van der Waals surface area (Å²) in [7, 11) is 0. The van der Waals surface area contributed by atoms with Gasteiger partial charge in [0.25, 0.3) is 0 Å². The molecule has 8 heteroatoms. The molecular weight excluding hydrogens is 311 g/mol. The fourth-order valence-corrected chi connectivity index (χ4v) is 2.80. The van der Waals surface area contributed by atoms with E-state index in [2.05, 4.69) is 15.3 Å². The number of halogens is 2. The number of nitrogens with one attached hydrogen (secondary N) is 1. The van der Waals surface area contributed by atoms with Gasteiger partial charge in [-0.2, -0.15) is 0 Å². The molecular formula is C14H16ClFN4O2. The van der Waals surface area contributed by atoms with Gasteiger partial charge in [0.1, 0.15) is 11.6 Å². The summed E-state index contributed by atoms with van der Waals surface area (Å²) in [4.78, 5) is 14.2. The van der Waals surface area contributed by atoms with Crippen LogP contribution in [-0.2, 0) is 4.79 Å². The number of carbonyl (C=O) groups is 1. The highest BCUT2D eigenvalue weighted by molar-refractivity contribution is 6.31. The molecule has 1 aromatic carbocycles. The molecule has 2 atom stereocenters. The third-order valence-electron chi connectivity index (χ3n) is 3.58. The van der Waals surface area contributed by atoms with Crippen LogP contribution in [0.1, 0.15) is 43.4 Å². The van der Waals surface area contributed by atoms with Crippen molar-refractivity contribution in [3.63, 3.8) is 0 Å². The Balaban J connectivity index is 2.62. The summed E-state index contributed by atoms with van der Waals surface area (Å²) in [6.45, 7) is 4.09. The van der Waals surface area contributed by atoms with Gasteiger partial charge in [0, 0.05) is 34.9 Å². The van der Waals surface area contributed by atoms with Crippen LogP contribution in [0.4, 0.5) is 4.39 Å². The highest BCUT2D eigenvalue weighted by Crippen LogP contribution is 2.42. The van der Waals surface area contributed by atoms with Gasteiger partial charge in [-0.25, -0.2) is 4.39 Å². The normalized spacial score (nSPS) is 18.5. The van der Waals surface area contributed by atoms with Crippen LogP contribution in [-0.4, -0.2) is 19.1 Å². The van der Waals surface area contributed by atoms with Gasteiger partial charge in [0.05, 0.1) is 17.7 Å². The quantitative estimate of drug-likeness (QED) is 0.506. The van der Waals surface area contributed by atoms with Crippen molar-refractivity contribution in [1.29, 1.82) is 0 Å². The predicted octanol–water partition coefficient (Wildman–Crippen LogP) is 3.85. The monoisotopic (exact) mass is 326 g/mol. The molecule has 0 spiro atoms. The molecule has 2 rings (SSSR count). The molecule has 0 radical (unpaired) electrons. The van der Waals surface area contributed by atoms with Crippen molar-refractivity contribution in [2.24, 2.45) is 5.11 Å². The van der Waals surface area contributed by atoms with Crippen molar-refractivity contribution in [3.8, 4) is 5.75 Å². The van der Waals surface area contributed by atoms with Gasteiger partial charge in [-0.1, -0.05) is 23.6 Å². The SMILES string of the molecule is CCOc1c(C(C)N=[N+]=[N-])cc(Cl)c(F)c1C1CNC(=O)C1. The number of nitrogens with zero attached hydrogens (tertiary/aromatic N) is 3. The Hall–Kier alpha value is -1.98. The molecule has 0 aromatic heterocycles. The molecule has 22 heavy (non-hydrogen) atoms. The number of benzene rings is 1. The van der Waals surface area contributed by atoms with Crippen molar-refractivity contribution < 1.29 is 13.9 Å². The number of hydrogen-bond acceptors (Lipinski definition) is 3. The number of azide groups is 1. The molecule has 1 N–H and O–H groups in total. The van der Waals surface area contributed by atoms with Gasteiger partial charge in [-0.15, -0.1) is 0 Å². The Morgan fingerprint density at radius 3 is 2.95 bits per heavy atom. The van der Waals surface area contributed by atoms with E-state index < -0.39 is 11.9 Å². The molecule has 1 amide bonds. The van der Waals surface area contributed by atoms with Crippen LogP contribution in [0.15, 0.2) is 11.2 Å². The second-order valence-corrected chi connectivity index (χ2v) is 5.43. The number of amides is 1. The molecule has 1 aliphatic rings. The van der Waals surface area contributed by atoms with Crippen LogP contribution in [0.25, 0.3) is 10.4 Å². The number of hydrogen-bond donors (Lipinski definition) is 1. The minimum Gasteiger partial charge on any atom is -0.493 e. The summed E-state index contributed by atoms with van der Waals surface area (Å²) in [5, 5.41) is 6.22. The molecule has 1 saturated heterocycles. The Labute approximate surface area is 132 Å². The lowest BCUT2D eigenvalue weighted by atomic mass is 9.92. The molecule has 118 valence electrons. The maximum Gasteiger partial charge on any atom is 0.220 e. The lowest BCUT2D eigenvalue weighted by Crippen LogP contribution is -2.14. The minimum absolute atomic E-state index is 0.0761. The van der Waals surface area contributed by atoms with Gasteiger partial charge in [0.2, 0.25) is 5.91 Å². The topological polar surface area (TPSA) is 87.1 Å². The van der Waals surface area contributed by atoms with Gasteiger partial charge in [0.15, 0.2) is 0 Å². The van der Waals surface area contributed by atoms with Gasteiger partial charge in [-0.3, -0.25) is 4.79 Å². The second-order valence-electron chi connectivity index (χ2n) is 5.02. The average Bonchev–Trinajstić information content (AvgIpc) is 2.89. The molecule has 0 aliphatic carbocycles. The predicted molar refractivity (Wildman–Crippen MR) is 80.5 cm³/mol. The molecule has 0 saturated carbocycles. The second kappa shape index (κ2) is 6.85. The third kappa shape index (κ3) is 3.10.